The number of rotatable bonds is 1. The molecule has 0 saturated heterocycles. The zero-order valence-corrected chi connectivity index (χ0v) is 6.17. The van der Waals surface area contributed by atoms with E-state index in [9.17, 15) is 4.79 Å². The highest BCUT2D eigenvalue weighted by Crippen LogP contribution is 2.05. The van der Waals surface area contributed by atoms with Crippen molar-refractivity contribution in [2.75, 3.05) is 0 Å². The third kappa shape index (κ3) is 0.914. The minimum absolute atomic E-state index is 0.263. The molecule has 0 bridgehead atoms. The number of aromatic amines is 1. The maximum absolute atomic E-state index is 10.6. The Bertz CT molecular complexity index is 374. The van der Waals surface area contributed by atoms with Crippen molar-refractivity contribution < 1.29 is 4.79 Å². The largest absolute Gasteiger partial charge is 0.300 e. The summed E-state index contributed by atoms with van der Waals surface area (Å²) in [6, 6.07) is 1.75. The van der Waals surface area contributed by atoms with Gasteiger partial charge in [0.15, 0.2) is 5.65 Å². The summed E-state index contributed by atoms with van der Waals surface area (Å²) in [4.78, 5) is 14.5. The van der Waals surface area contributed by atoms with Gasteiger partial charge < -0.3 is 5.10 Å². The third-order valence-corrected chi connectivity index (χ3v) is 1.57. The Labute approximate surface area is 66.8 Å². The zero-order chi connectivity index (χ0) is 7.84. The van der Waals surface area contributed by atoms with Crippen LogP contribution >= 0.6 is 11.6 Å². The van der Waals surface area contributed by atoms with Crippen LogP contribution in [0.1, 0.15) is 10.5 Å². The molecule has 11 heavy (non-hydrogen) atoms. The Morgan fingerprint density at radius 2 is 2.55 bits per heavy atom. The fourth-order valence-corrected chi connectivity index (χ4v) is 0.993. The maximum Gasteiger partial charge on any atom is 0.272 e. The van der Waals surface area contributed by atoms with Gasteiger partial charge in [-0.2, -0.15) is 0 Å². The zero-order valence-electron chi connectivity index (χ0n) is 5.41. The summed E-state index contributed by atoms with van der Waals surface area (Å²) in [7, 11) is 0. The van der Waals surface area contributed by atoms with Gasteiger partial charge in [0.05, 0.1) is 6.20 Å². The Morgan fingerprint density at radius 3 is 3.18 bits per heavy atom. The molecule has 0 amide bonds. The molecule has 1 N–H and O–H groups in total. The predicted molar refractivity (Wildman–Crippen MR) is 39.7 cm³/mol. The van der Waals surface area contributed by atoms with E-state index in [2.05, 4.69) is 10.1 Å². The lowest BCUT2D eigenvalue weighted by molar-refractivity contribution is 0.107. The number of imidazole rings is 1. The van der Waals surface area contributed by atoms with Crippen molar-refractivity contribution in [3.8, 4) is 0 Å². The molecule has 0 unspecified atom stereocenters. The molecule has 0 radical (unpaired) electrons. The average Bonchev–Trinajstić information content (AvgIpc) is 2.40. The monoisotopic (exact) mass is 169 g/mol. The van der Waals surface area contributed by atoms with Crippen LogP contribution in [0.25, 0.3) is 5.65 Å². The van der Waals surface area contributed by atoms with Crippen molar-refractivity contribution in [1.82, 2.24) is 14.6 Å². The minimum atomic E-state index is -0.540. The van der Waals surface area contributed by atoms with Crippen molar-refractivity contribution in [2.45, 2.75) is 0 Å². The number of halogens is 1. The molecule has 4 nitrogen and oxygen atoms in total. The molecule has 0 fully saturated rings. The standard InChI is InChI=1S/C6H4ClN3O/c7-6(11)4-3-10-5(9-4)1-2-8-10/h1-3,8H. The second-order valence-electron chi connectivity index (χ2n) is 2.09. The highest BCUT2D eigenvalue weighted by molar-refractivity contribution is 6.67. The number of carbonyl (C=O) groups is 1. The lowest BCUT2D eigenvalue weighted by Gasteiger charge is -1.78. The maximum atomic E-state index is 10.6. The van der Waals surface area contributed by atoms with Gasteiger partial charge >= 0.3 is 0 Å². The van der Waals surface area contributed by atoms with E-state index in [0.29, 0.717) is 5.65 Å². The summed E-state index contributed by atoms with van der Waals surface area (Å²) < 4.78 is 1.62. The summed E-state index contributed by atoms with van der Waals surface area (Å²) in [6.45, 7) is 0. The second kappa shape index (κ2) is 2.10. The molecular formula is C6H4ClN3O. The van der Waals surface area contributed by atoms with Crippen LogP contribution in [0.15, 0.2) is 18.5 Å². The van der Waals surface area contributed by atoms with E-state index in [1.807, 2.05) is 0 Å². The van der Waals surface area contributed by atoms with Crippen molar-refractivity contribution in [3.05, 3.63) is 24.2 Å². The van der Waals surface area contributed by atoms with Gasteiger partial charge in [0.2, 0.25) is 0 Å². The fourth-order valence-electron chi connectivity index (χ4n) is 0.902. The van der Waals surface area contributed by atoms with E-state index < -0.39 is 5.24 Å². The van der Waals surface area contributed by atoms with Gasteiger partial charge in [-0.3, -0.25) is 4.79 Å². The van der Waals surface area contributed by atoms with Gasteiger partial charge in [0.25, 0.3) is 5.24 Å². The molecule has 5 heteroatoms. The summed E-state index contributed by atoms with van der Waals surface area (Å²) in [6.07, 6.45) is 3.27. The SMILES string of the molecule is O=C(Cl)c1cn2[nH]ccc2n1. The first-order chi connectivity index (χ1) is 5.27. The number of fused-ring (bicyclic) bond motifs is 1. The van der Waals surface area contributed by atoms with E-state index in [1.54, 1.807) is 23.0 Å². The first-order valence-electron chi connectivity index (χ1n) is 3.00. The van der Waals surface area contributed by atoms with Crippen molar-refractivity contribution in [3.63, 3.8) is 0 Å². The fraction of sp³-hybridized carbons (Fsp3) is 0. The molecule has 2 rings (SSSR count). The van der Waals surface area contributed by atoms with Crippen LogP contribution in [0, 0.1) is 0 Å². The lowest BCUT2D eigenvalue weighted by atomic mass is 10.5. The molecular weight excluding hydrogens is 166 g/mol. The second-order valence-corrected chi connectivity index (χ2v) is 2.43. The van der Waals surface area contributed by atoms with Crippen LogP contribution in [0.2, 0.25) is 0 Å². The van der Waals surface area contributed by atoms with Crippen LogP contribution in [0.5, 0.6) is 0 Å². The molecule has 0 spiro atoms. The minimum Gasteiger partial charge on any atom is -0.300 e. The molecule has 2 heterocycles. The molecule has 0 saturated carbocycles. The Morgan fingerprint density at radius 1 is 1.73 bits per heavy atom. The molecule has 0 aromatic carbocycles. The number of aromatic nitrogens is 3. The Balaban J connectivity index is 2.67. The van der Waals surface area contributed by atoms with Gasteiger partial charge in [-0.25, -0.2) is 9.50 Å². The van der Waals surface area contributed by atoms with E-state index >= 15 is 0 Å². The van der Waals surface area contributed by atoms with Gasteiger partial charge in [0.1, 0.15) is 5.69 Å². The number of H-pyrrole nitrogens is 1. The van der Waals surface area contributed by atoms with Crippen molar-refractivity contribution >= 4 is 22.5 Å². The average molecular weight is 170 g/mol. The third-order valence-electron chi connectivity index (χ3n) is 1.38. The molecule has 0 atom stereocenters. The van der Waals surface area contributed by atoms with Crippen molar-refractivity contribution in [1.29, 1.82) is 0 Å². The van der Waals surface area contributed by atoms with Gasteiger partial charge in [0, 0.05) is 12.3 Å². The van der Waals surface area contributed by atoms with Crippen molar-refractivity contribution in [2.24, 2.45) is 0 Å². The smallest absolute Gasteiger partial charge is 0.272 e. The molecule has 0 aliphatic rings. The molecule has 0 aliphatic heterocycles. The van der Waals surface area contributed by atoms with Crippen LogP contribution in [0.3, 0.4) is 0 Å². The van der Waals surface area contributed by atoms with Crippen LogP contribution < -0.4 is 0 Å². The predicted octanol–water partition coefficient (Wildman–Crippen LogP) is 1.04. The normalized spacial score (nSPS) is 10.6. The number of nitrogens with zero attached hydrogens (tertiary/aromatic N) is 2. The number of hydrogen-bond acceptors (Lipinski definition) is 2. The van der Waals surface area contributed by atoms with Crippen LogP contribution in [-0.4, -0.2) is 19.8 Å². The van der Waals surface area contributed by atoms with Gasteiger partial charge in [-0.05, 0) is 11.6 Å². The highest BCUT2D eigenvalue weighted by Gasteiger charge is 2.06. The molecule has 0 aliphatic carbocycles. The first kappa shape index (κ1) is 6.42. The first-order valence-corrected chi connectivity index (χ1v) is 3.37. The summed E-state index contributed by atoms with van der Waals surface area (Å²) in [5.74, 6) is 0. The molecule has 2 aromatic rings. The number of hydrogen-bond donors (Lipinski definition) is 1. The van der Waals surface area contributed by atoms with Crippen LogP contribution in [0.4, 0.5) is 0 Å². The van der Waals surface area contributed by atoms with Gasteiger partial charge in [-0.15, -0.1) is 0 Å². The lowest BCUT2D eigenvalue weighted by Crippen LogP contribution is -1.86. The molecule has 2 aromatic heterocycles. The van der Waals surface area contributed by atoms with Gasteiger partial charge in [-0.1, -0.05) is 0 Å². The quantitative estimate of drug-likeness (QED) is 0.649. The van der Waals surface area contributed by atoms with Crippen LogP contribution in [-0.2, 0) is 0 Å². The number of nitrogens with one attached hydrogen (secondary N) is 1. The Hall–Kier alpha value is -1.29. The summed E-state index contributed by atoms with van der Waals surface area (Å²) in [5.41, 5.74) is 0.951. The Kier molecular flexibility index (Phi) is 1.22. The van der Waals surface area contributed by atoms with E-state index in [0.717, 1.165) is 0 Å². The summed E-state index contributed by atoms with van der Waals surface area (Å²) >= 11 is 5.20. The number of carbonyl (C=O) groups excluding carboxylic acids is 1. The highest BCUT2D eigenvalue weighted by atomic mass is 35.5. The van der Waals surface area contributed by atoms with E-state index in [-0.39, 0.29) is 5.69 Å². The van der Waals surface area contributed by atoms with E-state index in [4.69, 9.17) is 11.6 Å². The van der Waals surface area contributed by atoms with E-state index in [1.165, 1.54) is 0 Å². The molecule has 56 valence electrons. The topological polar surface area (TPSA) is 50.2 Å². The summed E-state index contributed by atoms with van der Waals surface area (Å²) in [5, 5.41) is 2.30.